The van der Waals surface area contributed by atoms with E-state index in [4.69, 9.17) is 11.6 Å². The van der Waals surface area contributed by atoms with Gasteiger partial charge in [-0.3, -0.25) is 0 Å². The monoisotopic (exact) mass is 334 g/mol. The molecule has 3 rings (SSSR count). The molecule has 19 heavy (non-hydrogen) atoms. The summed E-state index contributed by atoms with van der Waals surface area (Å²) in [4.78, 5) is 8.75. The fourth-order valence-corrected chi connectivity index (χ4v) is 2.40. The van der Waals surface area contributed by atoms with Gasteiger partial charge in [-0.05, 0) is 0 Å². The molecule has 0 fully saturated rings. The van der Waals surface area contributed by atoms with E-state index < -0.39 is 0 Å². The quantitative estimate of drug-likeness (QED) is 0.733. The summed E-state index contributed by atoms with van der Waals surface area (Å²) in [5.74, 6) is 0.765. The topological polar surface area (TPSA) is 37.8 Å². The van der Waals surface area contributed by atoms with Gasteiger partial charge in [0.2, 0.25) is 0 Å². The summed E-state index contributed by atoms with van der Waals surface area (Å²) >= 11 is 8.83. The van der Waals surface area contributed by atoms with Crippen LogP contribution in [0.3, 0.4) is 0 Å². The van der Waals surface area contributed by atoms with Gasteiger partial charge in [0.15, 0.2) is 0 Å². The van der Waals surface area contributed by atoms with Crippen LogP contribution in [-0.4, -0.2) is 26.0 Å². The van der Waals surface area contributed by atoms with E-state index in [9.17, 15) is 0 Å². The third kappa shape index (κ3) is 2.71. The van der Waals surface area contributed by atoms with Crippen molar-refractivity contribution in [2.45, 2.75) is 0 Å². The van der Waals surface area contributed by atoms with Gasteiger partial charge < -0.3 is 0 Å². The summed E-state index contributed by atoms with van der Waals surface area (Å²) < 4.78 is 0.591. The van der Waals surface area contributed by atoms with Gasteiger partial charge >= 0.3 is 124 Å². The predicted molar refractivity (Wildman–Crippen MR) is 79.7 cm³/mol. The number of para-hydroxylation sites is 1. The standard InChI is InChI=1S/C14H9ClN3Se/c15-9-6-7-11-12(8-9)17-14(19)18-13(11)16-10-4-2-1-3-5-10/h1-8H,(H,16,17,18). The predicted octanol–water partition coefficient (Wildman–Crippen LogP) is 2.82. The van der Waals surface area contributed by atoms with E-state index in [2.05, 4.69) is 31.3 Å². The third-order valence-electron chi connectivity index (χ3n) is 2.67. The molecule has 0 aliphatic carbocycles. The molecular formula is C14H9ClN3Se. The number of aromatic nitrogens is 2. The first kappa shape index (κ1) is 12.4. The van der Waals surface area contributed by atoms with Crippen molar-refractivity contribution >= 4 is 54.7 Å². The van der Waals surface area contributed by atoms with Crippen molar-refractivity contribution in [3.05, 3.63) is 53.6 Å². The third-order valence-corrected chi connectivity index (χ3v) is 3.29. The second-order valence-electron chi connectivity index (χ2n) is 4.01. The van der Waals surface area contributed by atoms with Crippen LogP contribution in [0.15, 0.2) is 48.5 Å². The molecule has 5 heteroatoms. The fourth-order valence-electron chi connectivity index (χ4n) is 1.83. The van der Waals surface area contributed by atoms with Crippen molar-refractivity contribution < 1.29 is 0 Å². The van der Waals surface area contributed by atoms with E-state index in [0.717, 1.165) is 22.4 Å². The Morgan fingerprint density at radius 1 is 1.00 bits per heavy atom. The molecule has 3 aromatic rings. The number of nitrogens with zero attached hydrogens (tertiary/aromatic N) is 2. The van der Waals surface area contributed by atoms with Gasteiger partial charge in [0.05, 0.1) is 0 Å². The van der Waals surface area contributed by atoms with Gasteiger partial charge in [-0.2, -0.15) is 0 Å². The summed E-state index contributed by atoms with van der Waals surface area (Å²) in [5, 5.41) is 4.89. The summed E-state index contributed by atoms with van der Waals surface area (Å²) in [6.45, 7) is 0. The molecular weight excluding hydrogens is 325 g/mol. The molecule has 3 nitrogen and oxygen atoms in total. The van der Waals surface area contributed by atoms with Crippen LogP contribution in [0.25, 0.3) is 10.9 Å². The molecule has 1 aromatic heterocycles. The van der Waals surface area contributed by atoms with E-state index >= 15 is 0 Å². The number of nitrogens with one attached hydrogen (secondary N) is 1. The summed E-state index contributed by atoms with van der Waals surface area (Å²) in [5.41, 5.74) is 1.80. The van der Waals surface area contributed by atoms with Crippen LogP contribution in [0, 0.1) is 0 Å². The molecule has 0 aliphatic heterocycles. The van der Waals surface area contributed by atoms with E-state index in [0.29, 0.717) is 9.75 Å². The Morgan fingerprint density at radius 2 is 1.79 bits per heavy atom. The van der Waals surface area contributed by atoms with Crippen molar-refractivity contribution in [2.24, 2.45) is 0 Å². The van der Waals surface area contributed by atoms with Gasteiger partial charge in [0.1, 0.15) is 0 Å². The van der Waals surface area contributed by atoms with Gasteiger partial charge in [-0.1, -0.05) is 0 Å². The number of hydrogen-bond acceptors (Lipinski definition) is 3. The van der Waals surface area contributed by atoms with Gasteiger partial charge in [-0.15, -0.1) is 0 Å². The SMILES string of the molecule is Clc1ccc2c(Nc3ccccc3)nc([Se])nc2c1. The molecule has 1 heterocycles. The number of hydrogen-bond donors (Lipinski definition) is 1. The first-order valence-electron chi connectivity index (χ1n) is 5.69. The average molecular weight is 334 g/mol. The van der Waals surface area contributed by atoms with Crippen molar-refractivity contribution in [3.63, 3.8) is 0 Å². The van der Waals surface area contributed by atoms with Crippen molar-refractivity contribution in [1.29, 1.82) is 0 Å². The molecule has 0 spiro atoms. The van der Waals surface area contributed by atoms with Crippen LogP contribution in [-0.2, 0) is 0 Å². The molecule has 1 N–H and O–H groups in total. The fraction of sp³-hybridized carbons (Fsp3) is 0. The Labute approximate surface area is 123 Å². The average Bonchev–Trinajstić information content (AvgIpc) is 2.39. The molecule has 0 saturated carbocycles. The van der Waals surface area contributed by atoms with E-state index in [1.54, 1.807) is 0 Å². The Kier molecular flexibility index (Phi) is 3.38. The Balaban J connectivity index is 2.12. The van der Waals surface area contributed by atoms with Crippen LogP contribution < -0.4 is 10.0 Å². The Hall–Kier alpha value is -1.61. The maximum atomic E-state index is 5.99. The minimum atomic E-state index is 0.591. The summed E-state index contributed by atoms with van der Waals surface area (Å²) in [6, 6.07) is 15.5. The molecule has 0 unspecified atom stereocenters. The second kappa shape index (κ2) is 5.17. The number of halogens is 1. The Morgan fingerprint density at radius 3 is 2.58 bits per heavy atom. The van der Waals surface area contributed by atoms with E-state index in [-0.39, 0.29) is 0 Å². The zero-order valence-electron chi connectivity index (χ0n) is 9.80. The van der Waals surface area contributed by atoms with Crippen LogP contribution in [0.5, 0.6) is 0 Å². The molecule has 2 aromatic carbocycles. The van der Waals surface area contributed by atoms with E-state index in [1.807, 2.05) is 48.5 Å². The molecule has 93 valence electrons. The molecule has 1 radical (unpaired) electrons. The zero-order valence-corrected chi connectivity index (χ0v) is 12.3. The van der Waals surface area contributed by atoms with Crippen molar-refractivity contribution in [3.8, 4) is 0 Å². The first-order valence-corrected chi connectivity index (χ1v) is 6.92. The first-order chi connectivity index (χ1) is 9.22. The van der Waals surface area contributed by atoms with Crippen LogP contribution in [0.1, 0.15) is 0 Å². The van der Waals surface area contributed by atoms with E-state index in [1.165, 1.54) is 0 Å². The maximum absolute atomic E-state index is 5.99. The number of benzene rings is 2. The van der Waals surface area contributed by atoms with Gasteiger partial charge in [0, 0.05) is 0 Å². The molecule has 0 aliphatic rings. The molecule has 0 bridgehead atoms. The number of fused-ring (bicyclic) bond motifs is 1. The van der Waals surface area contributed by atoms with Crippen LogP contribution in [0.4, 0.5) is 11.5 Å². The molecule has 0 amide bonds. The minimum absolute atomic E-state index is 0.591. The molecule has 0 atom stereocenters. The summed E-state index contributed by atoms with van der Waals surface area (Å²) in [7, 11) is 0. The van der Waals surface area contributed by atoms with Crippen molar-refractivity contribution in [1.82, 2.24) is 9.97 Å². The van der Waals surface area contributed by atoms with Crippen molar-refractivity contribution in [2.75, 3.05) is 5.32 Å². The normalized spacial score (nSPS) is 10.6. The Bertz CT molecular complexity index is 726. The number of rotatable bonds is 2. The van der Waals surface area contributed by atoms with Gasteiger partial charge in [0.25, 0.3) is 0 Å². The van der Waals surface area contributed by atoms with Crippen LogP contribution in [0.2, 0.25) is 5.02 Å². The second-order valence-corrected chi connectivity index (χ2v) is 5.21. The van der Waals surface area contributed by atoms with Crippen LogP contribution >= 0.6 is 11.6 Å². The molecule has 0 saturated heterocycles. The van der Waals surface area contributed by atoms with Gasteiger partial charge in [-0.25, -0.2) is 0 Å². The number of anilines is 2. The summed E-state index contributed by atoms with van der Waals surface area (Å²) in [6.07, 6.45) is 0. The zero-order chi connectivity index (χ0) is 13.2.